The van der Waals surface area contributed by atoms with E-state index in [0.29, 0.717) is 23.5 Å². The standard InChI is InChI=1S/C39H33N3O.C32H25N3O.C6H5Cl.C2H6/c1-29-21-23-30(24-22-29)35-25-36(35)34-19-11-12-20-37(34)42(28-43)38-26-41(27-40-38)39(31-13-5-2-6-14-31,32-15-7-3-8-16-32)33-17-9-4-10-18-33;36-30-31(20-21-31)27-18-10-11-19-28(27)35(30)29-22-34(23-33-29)32(24-12-4-1-5-13-24,25-14-6-2-7-15-25)26-16-8-3-9-17-26;7-6-4-2-1-3-5-6;1-2/h2-24,26-28,35-36H,25H2,1H3;1-19,22-23H,20-21H2;1-5H;1-2H3. The van der Waals surface area contributed by atoms with E-state index in [1.54, 1.807) is 4.90 Å². The van der Waals surface area contributed by atoms with Gasteiger partial charge in [0.05, 0.1) is 41.8 Å². The van der Waals surface area contributed by atoms with Gasteiger partial charge < -0.3 is 9.13 Å². The van der Waals surface area contributed by atoms with Crippen LogP contribution in [0.15, 0.2) is 310 Å². The zero-order chi connectivity index (χ0) is 60.5. The maximum atomic E-state index is 13.7. The number of anilines is 4. The van der Waals surface area contributed by atoms with Crippen LogP contribution in [0.4, 0.5) is 23.0 Å². The predicted molar refractivity (Wildman–Crippen MR) is 357 cm³/mol. The van der Waals surface area contributed by atoms with Crippen LogP contribution < -0.4 is 9.80 Å². The van der Waals surface area contributed by atoms with Crippen molar-refractivity contribution in [1.29, 1.82) is 0 Å². The van der Waals surface area contributed by atoms with Crippen LogP contribution in [0.25, 0.3) is 0 Å². The quantitative estimate of drug-likeness (QED) is 0.0803. The Balaban J connectivity index is 0.000000152. The zero-order valence-corrected chi connectivity index (χ0v) is 50.4. The summed E-state index contributed by atoms with van der Waals surface area (Å²) >= 11 is 5.54. The van der Waals surface area contributed by atoms with Gasteiger partial charge in [0.15, 0.2) is 11.6 Å². The molecule has 12 aromatic rings. The van der Waals surface area contributed by atoms with Gasteiger partial charge in [0, 0.05) is 5.02 Å². The van der Waals surface area contributed by atoms with Crippen LogP contribution in [-0.2, 0) is 26.1 Å². The van der Waals surface area contributed by atoms with E-state index in [4.69, 9.17) is 21.6 Å². The van der Waals surface area contributed by atoms with Crippen LogP contribution >= 0.6 is 11.6 Å². The van der Waals surface area contributed by atoms with Crippen LogP contribution in [0.3, 0.4) is 0 Å². The lowest BCUT2D eigenvalue weighted by atomic mass is 9.77. The van der Waals surface area contributed by atoms with Gasteiger partial charge >= 0.3 is 0 Å². The van der Waals surface area contributed by atoms with Crippen molar-refractivity contribution in [2.24, 2.45) is 0 Å². The van der Waals surface area contributed by atoms with Crippen molar-refractivity contribution in [3.8, 4) is 0 Å². The largest absolute Gasteiger partial charge is 0.317 e. The Morgan fingerprint density at radius 1 is 0.489 bits per heavy atom. The molecule has 2 unspecified atom stereocenters. The SMILES string of the molecule is CC.Cc1ccc(C2CC2c2ccccc2N(C=O)c2cn(C(c3ccccc3)(c3ccccc3)c3ccccc3)cn2)cc1.Clc1ccccc1.O=C1N(c2cn(C(c3ccccc3)(c3ccccc3)c3ccccc3)cn2)c2ccccc2C12CC2. The van der Waals surface area contributed by atoms with Crippen molar-refractivity contribution in [3.05, 3.63) is 371 Å². The molecule has 2 aromatic heterocycles. The van der Waals surface area contributed by atoms with Crippen LogP contribution in [0, 0.1) is 6.92 Å². The van der Waals surface area contributed by atoms with E-state index in [2.05, 4.69) is 204 Å². The normalized spacial score (nSPS) is 15.0. The highest BCUT2D eigenvalue weighted by molar-refractivity contribution is 6.30. The molecule has 1 spiro atoms. The lowest BCUT2D eigenvalue weighted by Gasteiger charge is -2.37. The summed E-state index contributed by atoms with van der Waals surface area (Å²) in [6, 6.07) is 97.7. The number of nitrogens with zero attached hydrogens (tertiary/aromatic N) is 6. The molecule has 3 heterocycles. The van der Waals surface area contributed by atoms with E-state index in [9.17, 15) is 9.59 Å². The Hall–Kier alpha value is -10.2. The van der Waals surface area contributed by atoms with Crippen molar-refractivity contribution in [1.82, 2.24) is 19.1 Å². The summed E-state index contributed by atoms with van der Waals surface area (Å²) in [7, 11) is 0. The van der Waals surface area contributed by atoms with Gasteiger partial charge in [-0.25, -0.2) is 9.97 Å². The highest BCUT2D eigenvalue weighted by Crippen LogP contribution is 2.59. The van der Waals surface area contributed by atoms with E-state index in [1.165, 1.54) is 16.7 Å². The Morgan fingerprint density at radius 3 is 1.34 bits per heavy atom. The average Bonchev–Trinajstić information content (AvgIpc) is 1.43. The molecule has 10 aromatic carbocycles. The Morgan fingerprint density at radius 2 is 0.898 bits per heavy atom. The molecule has 0 N–H and O–H groups in total. The lowest BCUT2D eigenvalue weighted by Crippen LogP contribution is -2.37. The number of hydrogen-bond acceptors (Lipinski definition) is 4. The fourth-order valence-corrected chi connectivity index (χ4v) is 13.1. The summed E-state index contributed by atoms with van der Waals surface area (Å²) in [5.74, 6) is 2.19. The fraction of sp³-hybridized carbons (Fsp3) is 0.139. The fourth-order valence-electron chi connectivity index (χ4n) is 12.9. The molecule has 1 aliphatic heterocycles. The summed E-state index contributed by atoms with van der Waals surface area (Å²) in [5, 5.41) is 0.794. The maximum Gasteiger partial charge on any atom is 0.243 e. The molecule has 2 saturated carbocycles. The smallest absolute Gasteiger partial charge is 0.243 e. The maximum absolute atomic E-state index is 13.7. The predicted octanol–water partition coefficient (Wildman–Crippen LogP) is 18.4. The first-order valence-corrected chi connectivity index (χ1v) is 30.7. The first kappa shape index (κ1) is 58.2. The summed E-state index contributed by atoms with van der Waals surface area (Å²) in [4.78, 5) is 39.8. The number of amides is 2. The van der Waals surface area contributed by atoms with Crippen LogP contribution in [0.5, 0.6) is 0 Å². The lowest BCUT2D eigenvalue weighted by molar-refractivity contribution is -0.119. The van der Waals surface area contributed by atoms with Crippen molar-refractivity contribution in [2.45, 2.75) is 68.4 Å². The second-order valence-electron chi connectivity index (χ2n) is 22.3. The number of hydrogen-bond donors (Lipinski definition) is 0. The number of para-hydroxylation sites is 2. The van der Waals surface area contributed by atoms with Gasteiger partial charge in [0.1, 0.15) is 11.1 Å². The van der Waals surface area contributed by atoms with E-state index in [1.807, 2.05) is 141 Å². The minimum atomic E-state index is -0.698. The summed E-state index contributed by atoms with van der Waals surface area (Å²) in [5.41, 5.74) is 11.7. The van der Waals surface area contributed by atoms with Gasteiger partial charge in [-0.1, -0.05) is 292 Å². The topological polar surface area (TPSA) is 76.3 Å². The van der Waals surface area contributed by atoms with Gasteiger partial charge in [-0.2, -0.15) is 0 Å². The molecule has 88 heavy (non-hydrogen) atoms. The molecule has 2 fully saturated rings. The van der Waals surface area contributed by atoms with E-state index in [0.717, 1.165) is 81.0 Å². The molecular formula is C79H69ClN6O2. The average molecular weight is 1170 g/mol. The number of fused-ring (bicyclic) bond motifs is 2. The van der Waals surface area contributed by atoms with Crippen molar-refractivity contribution >= 4 is 46.9 Å². The minimum absolute atomic E-state index is 0.138. The van der Waals surface area contributed by atoms with Gasteiger partial charge in [0.2, 0.25) is 12.3 Å². The van der Waals surface area contributed by atoms with Crippen LogP contribution in [0.2, 0.25) is 5.02 Å². The summed E-state index contributed by atoms with van der Waals surface area (Å²) in [6.45, 7) is 6.12. The van der Waals surface area contributed by atoms with Crippen LogP contribution in [0.1, 0.15) is 101 Å². The van der Waals surface area contributed by atoms with Crippen LogP contribution in [-0.4, -0.2) is 31.4 Å². The molecule has 0 radical (unpaired) electrons. The van der Waals surface area contributed by atoms with Gasteiger partial charge in [-0.3, -0.25) is 19.4 Å². The third-order valence-electron chi connectivity index (χ3n) is 17.3. The van der Waals surface area contributed by atoms with Gasteiger partial charge in [0.25, 0.3) is 0 Å². The third kappa shape index (κ3) is 11.0. The molecule has 3 aliphatic rings. The number of halogens is 1. The zero-order valence-electron chi connectivity index (χ0n) is 49.7. The molecule has 434 valence electrons. The molecule has 8 nitrogen and oxygen atoms in total. The molecule has 9 heteroatoms. The van der Waals surface area contributed by atoms with Crippen molar-refractivity contribution < 1.29 is 9.59 Å². The monoisotopic (exact) mass is 1170 g/mol. The first-order chi connectivity index (χ1) is 43.3. The first-order valence-electron chi connectivity index (χ1n) is 30.3. The molecular weight excluding hydrogens is 1100 g/mol. The van der Waals surface area contributed by atoms with Crippen molar-refractivity contribution in [3.63, 3.8) is 0 Å². The minimum Gasteiger partial charge on any atom is -0.317 e. The molecule has 2 atom stereocenters. The molecule has 15 rings (SSSR count). The summed E-state index contributed by atoms with van der Waals surface area (Å²) in [6.07, 6.45) is 11.5. The second kappa shape index (κ2) is 25.8. The van der Waals surface area contributed by atoms with Crippen molar-refractivity contribution in [2.75, 3.05) is 9.80 Å². The van der Waals surface area contributed by atoms with Gasteiger partial charge in [-0.15, -0.1) is 0 Å². The number of aryl methyl sites for hydroxylation is 1. The number of imidazole rings is 2. The molecule has 2 aliphatic carbocycles. The van der Waals surface area contributed by atoms with E-state index in [-0.39, 0.29) is 11.3 Å². The number of benzene rings is 10. The highest BCUT2D eigenvalue weighted by atomic mass is 35.5. The number of carbonyl (C=O) groups is 2. The molecule has 0 bridgehead atoms. The second-order valence-corrected chi connectivity index (χ2v) is 22.8. The molecule has 0 saturated heterocycles. The Kier molecular flexibility index (Phi) is 17.1. The van der Waals surface area contributed by atoms with E-state index >= 15 is 0 Å². The van der Waals surface area contributed by atoms with Gasteiger partial charge in [-0.05, 0) is 112 Å². The Labute approximate surface area is 521 Å². The summed E-state index contributed by atoms with van der Waals surface area (Å²) < 4.78 is 4.31. The number of carbonyl (C=O) groups excluding carboxylic acids is 2. The molecule has 2 amide bonds. The number of aromatic nitrogens is 4. The highest BCUT2D eigenvalue weighted by Gasteiger charge is 2.60. The number of rotatable bonds is 14. The van der Waals surface area contributed by atoms with E-state index < -0.39 is 11.1 Å². The Bertz CT molecular complexity index is 4040. The third-order valence-corrected chi connectivity index (χ3v) is 17.5.